The summed E-state index contributed by atoms with van der Waals surface area (Å²) < 4.78 is 27.1. The van der Waals surface area contributed by atoms with Crippen LogP contribution < -0.4 is 10.6 Å². The van der Waals surface area contributed by atoms with Gasteiger partial charge in [0.15, 0.2) is 0 Å². The number of halogens is 2. The lowest BCUT2D eigenvalue weighted by Crippen LogP contribution is -2.40. The summed E-state index contributed by atoms with van der Waals surface area (Å²) in [6.45, 7) is 5.97. The zero-order chi connectivity index (χ0) is 23.3. The van der Waals surface area contributed by atoms with Crippen molar-refractivity contribution in [1.29, 1.82) is 5.26 Å². The number of carbonyl (C=O) groups is 1. The second-order valence-electron chi connectivity index (χ2n) is 7.59. The van der Waals surface area contributed by atoms with Crippen LogP contribution in [0.15, 0.2) is 53.5 Å². The smallest absolute Gasteiger partial charge is 0.280 e. The fourth-order valence-electron chi connectivity index (χ4n) is 2.73. The number of rotatable bonds is 5. The van der Waals surface area contributed by atoms with Crippen molar-refractivity contribution in [1.82, 2.24) is 15.5 Å². The molecular formula is C23H22F2N6O. The zero-order valence-corrected chi connectivity index (χ0v) is 17.8. The van der Waals surface area contributed by atoms with Gasteiger partial charge in [0.1, 0.15) is 17.5 Å². The summed E-state index contributed by atoms with van der Waals surface area (Å²) in [7, 11) is 0. The van der Waals surface area contributed by atoms with Crippen LogP contribution in [-0.4, -0.2) is 28.1 Å². The lowest BCUT2D eigenvalue weighted by molar-refractivity contribution is 0.100. The summed E-state index contributed by atoms with van der Waals surface area (Å²) in [5.41, 5.74) is 1.20. The number of carbonyl (C=O) groups excluding carboxylic acids is 1. The predicted octanol–water partition coefficient (Wildman–Crippen LogP) is 4.47. The highest BCUT2D eigenvalue weighted by molar-refractivity contribution is 6.06. The van der Waals surface area contributed by atoms with Crippen molar-refractivity contribution in [2.24, 2.45) is 10.9 Å². The van der Waals surface area contributed by atoms with E-state index >= 15 is 0 Å². The second kappa shape index (κ2) is 9.83. The van der Waals surface area contributed by atoms with Gasteiger partial charge >= 0.3 is 0 Å². The molecule has 0 fully saturated rings. The fourth-order valence-corrected chi connectivity index (χ4v) is 2.73. The molecule has 0 spiro atoms. The average molecular weight is 436 g/mol. The number of H-pyrrole nitrogens is 1. The van der Waals surface area contributed by atoms with Gasteiger partial charge in [0.05, 0.1) is 17.3 Å². The third kappa shape index (κ3) is 5.76. The van der Waals surface area contributed by atoms with Crippen LogP contribution in [0.4, 0.5) is 14.6 Å². The molecule has 0 saturated carbocycles. The Morgan fingerprint density at radius 1 is 1.12 bits per heavy atom. The Kier molecular flexibility index (Phi) is 6.95. The van der Waals surface area contributed by atoms with Gasteiger partial charge in [-0.3, -0.25) is 9.89 Å². The number of nitriles is 1. The Balaban J connectivity index is 1.88. The number of hydrogen-bond acceptors (Lipinski definition) is 3. The van der Waals surface area contributed by atoms with Crippen LogP contribution in [0, 0.1) is 28.9 Å². The summed E-state index contributed by atoms with van der Waals surface area (Å²) in [5, 5.41) is 22.0. The molecule has 3 N–H and O–H groups in total. The zero-order valence-electron chi connectivity index (χ0n) is 17.8. The number of aromatic nitrogens is 2. The van der Waals surface area contributed by atoms with E-state index in [1.165, 1.54) is 18.2 Å². The Morgan fingerprint density at radius 2 is 1.84 bits per heavy atom. The van der Waals surface area contributed by atoms with E-state index in [-0.39, 0.29) is 29.0 Å². The van der Waals surface area contributed by atoms with E-state index in [1.807, 2.05) is 26.8 Å². The van der Waals surface area contributed by atoms with Crippen LogP contribution >= 0.6 is 0 Å². The van der Waals surface area contributed by atoms with Gasteiger partial charge in [-0.15, -0.1) is 0 Å². The molecule has 3 rings (SSSR count). The topological polar surface area (TPSA) is 106 Å². The summed E-state index contributed by atoms with van der Waals surface area (Å²) in [6, 6.07) is 12.9. The van der Waals surface area contributed by atoms with E-state index in [9.17, 15) is 13.6 Å². The highest BCUT2D eigenvalue weighted by Gasteiger charge is 2.15. The number of anilines is 1. The van der Waals surface area contributed by atoms with Crippen LogP contribution in [-0.2, 0) is 0 Å². The second-order valence-corrected chi connectivity index (χ2v) is 7.59. The predicted molar refractivity (Wildman–Crippen MR) is 118 cm³/mol. The third-order valence-electron chi connectivity index (χ3n) is 4.81. The van der Waals surface area contributed by atoms with Crippen molar-refractivity contribution in [3.05, 3.63) is 71.3 Å². The van der Waals surface area contributed by atoms with Gasteiger partial charge in [-0.2, -0.15) is 15.4 Å². The van der Waals surface area contributed by atoms with Gasteiger partial charge in [0, 0.05) is 29.3 Å². The number of aromatic amines is 1. The molecule has 1 aromatic heterocycles. The van der Waals surface area contributed by atoms with Gasteiger partial charge in [0.2, 0.25) is 5.96 Å². The van der Waals surface area contributed by atoms with Gasteiger partial charge in [-0.25, -0.2) is 8.78 Å². The molecule has 1 atom stereocenters. The highest BCUT2D eigenvalue weighted by atomic mass is 19.1. The summed E-state index contributed by atoms with van der Waals surface area (Å²) in [4.78, 5) is 16.8. The molecule has 9 heteroatoms. The van der Waals surface area contributed by atoms with Crippen LogP contribution in [0.2, 0.25) is 0 Å². The normalized spacial score (nSPS) is 12.3. The lowest BCUT2D eigenvalue weighted by Gasteiger charge is -2.20. The van der Waals surface area contributed by atoms with E-state index in [0.717, 1.165) is 6.07 Å². The third-order valence-corrected chi connectivity index (χ3v) is 4.81. The average Bonchev–Trinajstić information content (AvgIpc) is 3.21. The largest absolute Gasteiger partial charge is 0.353 e. The molecule has 1 heterocycles. The molecule has 0 radical (unpaired) electrons. The maximum Gasteiger partial charge on any atom is 0.280 e. The van der Waals surface area contributed by atoms with Crippen molar-refractivity contribution >= 4 is 17.7 Å². The first-order valence-electron chi connectivity index (χ1n) is 9.93. The fraction of sp³-hybridized carbons (Fsp3) is 0.217. The number of nitrogens with zero attached hydrogens (tertiary/aromatic N) is 3. The van der Waals surface area contributed by atoms with E-state index in [2.05, 4.69) is 25.8 Å². The molecule has 2 aromatic carbocycles. The number of guanidine groups is 1. The first-order valence-corrected chi connectivity index (χ1v) is 9.93. The van der Waals surface area contributed by atoms with Crippen LogP contribution in [0.25, 0.3) is 11.3 Å². The minimum atomic E-state index is -0.711. The number of hydrogen-bond donors (Lipinski definition) is 3. The maximum absolute atomic E-state index is 13.5. The monoisotopic (exact) mass is 436 g/mol. The molecule has 0 aliphatic carbocycles. The quantitative estimate of drug-likeness (QED) is 0.404. The number of amides is 1. The first-order chi connectivity index (χ1) is 15.2. The molecular weight excluding hydrogens is 414 g/mol. The first kappa shape index (κ1) is 22.6. The molecule has 1 amide bonds. The Labute approximate surface area is 184 Å². The molecule has 0 aliphatic heterocycles. The number of benzene rings is 2. The SMILES string of the molecule is CC(C)C(C)N/C(=N/C(=O)c1cccc(C#N)c1)Nc1cc(-c2cc(F)cc(F)c2)n[nH]1. The summed E-state index contributed by atoms with van der Waals surface area (Å²) in [5.74, 6) is -1.19. The van der Waals surface area contributed by atoms with E-state index in [1.54, 1.807) is 24.3 Å². The minimum absolute atomic E-state index is 0.0285. The maximum atomic E-state index is 13.5. The lowest BCUT2D eigenvalue weighted by atomic mass is 10.1. The molecule has 3 aromatic rings. The van der Waals surface area contributed by atoms with E-state index in [0.29, 0.717) is 17.1 Å². The van der Waals surface area contributed by atoms with Crippen LogP contribution in [0.1, 0.15) is 36.7 Å². The molecule has 0 bridgehead atoms. The minimum Gasteiger partial charge on any atom is -0.353 e. The van der Waals surface area contributed by atoms with E-state index in [4.69, 9.17) is 5.26 Å². The highest BCUT2D eigenvalue weighted by Crippen LogP contribution is 2.22. The standard InChI is InChI=1S/C23H22F2N6O/c1-13(2)14(3)27-23(29-22(32)16-6-4-5-15(7-16)12-26)28-21-11-20(30-31-21)17-8-18(24)10-19(25)9-17/h4-11,13-14H,1-3H3,(H3,27,28,29,30,31,32). The van der Waals surface area contributed by atoms with Crippen molar-refractivity contribution in [3.8, 4) is 17.3 Å². The van der Waals surface area contributed by atoms with Gasteiger partial charge in [-0.1, -0.05) is 19.9 Å². The van der Waals surface area contributed by atoms with Crippen molar-refractivity contribution in [3.63, 3.8) is 0 Å². The van der Waals surface area contributed by atoms with Crippen molar-refractivity contribution in [2.75, 3.05) is 5.32 Å². The van der Waals surface area contributed by atoms with Crippen LogP contribution in [0.5, 0.6) is 0 Å². The Bertz CT molecular complexity index is 1170. The Hall–Kier alpha value is -4.06. The van der Waals surface area contributed by atoms with Crippen molar-refractivity contribution in [2.45, 2.75) is 26.8 Å². The molecule has 0 aliphatic rings. The molecule has 164 valence electrons. The molecule has 1 unspecified atom stereocenters. The summed E-state index contributed by atoms with van der Waals surface area (Å²) in [6.07, 6.45) is 0. The van der Waals surface area contributed by atoms with Gasteiger partial charge < -0.3 is 10.6 Å². The van der Waals surface area contributed by atoms with Crippen LogP contribution in [0.3, 0.4) is 0 Å². The molecule has 7 nitrogen and oxygen atoms in total. The molecule has 0 saturated heterocycles. The molecule has 32 heavy (non-hydrogen) atoms. The van der Waals surface area contributed by atoms with Gasteiger partial charge in [-0.05, 0) is 43.2 Å². The number of aliphatic imine (C=N–C) groups is 1. The summed E-state index contributed by atoms with van der Waals surface area (Å²) >= 11 is 0. The van der Waals surface area contributed by atoms with E-state index < -0.39 is 17.5 Å². The van der Waals surface area contributed by atoms with Crippen molar-refractivity contribution < 1.29 is 13.6 Å². The Morgan fingerprint density at radius 3 is 2.50 bits per heavy atom. The van der Waals surface area contributed by atoms with Gasteiger partial charge in [0.25, 0.3) is 5.91 Å². The number of nitrogens with one attached hydrogen (secondary N) is 3.